The number of nitrogens with one attached hydrogen (secondary N) is 1. The zero-order valence-corrected chi connectivity index (χ0v) is 9.15. The van der Waals surface area contributed by atoms with Crippen LogP contribution in [0.1, 0.15) is 0 Å². The van der Waals surface area contributed by atoms with Crippen LogP contribution in [-0.4, -0.2) is 27.0 Å². The third-order valence-corrected chi connectivity index (χ3v) is 2.23. The quantitative estimate of drug-likeness (QED) is 0.786. The van der Waals surface area contributed by atoms with Gasteiger partial charge in [-0.15, -0.1) is 5.10 Å². The standard InChI is InChI=1S/C9H10ClN5/c1-11-7-3-9(10)12-4-6(7)8-5-15(2)14-13-8/h3-5H,1-2H3,(H,11,12). The van der Waals surface area contributed by atoms with Gasteiger partial charge in [0.25, 0.3) is 0 Å². The molecule has 15 heavy (non-hydrogen) atoms. The molecule has 2 heterocycles. The highest BCUT2D eigenvalue weighted by Gasteiger charge is 2.08. The van der Waals surface area contributed by atoms with Crippen molar-refractivity contribution in [1.29, 1.82) is 0 Å². The first kappa shape index (κ1) is 9.92. The highest BCUT2D eigenvalue weighted by atomic mass is 35.5. The monoisotopic (exact) mass is 223 g/mol. The van der Waals surface area contributed by atoms with E-state index in [0.29, 0.717) is 5.15 Å². The molecule has 0 radical (unpaired) electrons. The topological polar surface area (TPSA) is 55.6 Å². The van der Waals surface area contributed by atoms with E-state index < -0.39 is 0 Å². The summed E-state index contributed by atoms with van der Waals surface area (Å²) in [5.41, 5.74) is 2.54. The molecule has 78 valence electrons. The Balaban J connectivity index is 2.52. The summed E-state index contributed by atoms with van der Waals surface area (Å²) in [6.45, 7) is 0. The minimum absolute atomic E-state index is 0.451. The van der Waals surface area contributed by atoms with Gasteiger partial charge in [-0.05, 0) is 6.07 Å². The predicted octanol–water partition coefficient (Wildman–Crippen LogP) is 1.57. The minimum atomic E-state index is 0.451. The molecule has 0 saturated heterocycles. The fraction of sp³-hybridized carbons (Fsp3) is 0.222. The van der Waals surface area contributed by atoms with Crippen molar-refractivity contribution in [3.8, 4) is 11.3 Å². The SMILES string of the molecule is CNc1cc(Cl)ncc1-c1cn(C)nn1. The Kier molecular flexibility index (Phi) is 2.55. The number of aryl methyl sites for hydroxylation is 1. The fourth-order valence-electron chi connectivity index (χ4n) is 1.31. The van der Waals surface area contributed by atoms with Gasteiger partial charge in [0, 0.05) is 31.5 Å². The van der Waals surface area contributed by atoms with Crippen LogP contribution in [0.2, 0.25) is 5.15 Å². The van der Waals surface area contributed by atoms with Crippen molar-refractivity contribution >= 4 is 17.3 Å². The molecule has 5 nitrogen and oxygen atoms in total. The van der Waals surface area contributed by atoms with E-state index in [4.69, 9.17) is 11.6 Å². The van der Waals surface area contributed by atoms with E-state index in [-0.39, 0.29) is 0 Å². The van der Waals surface area contributed by atoms with E-state index in [1.54, 1.807) is 16.9 Å². The number of aromatic nitrogens is 4. The number of pyridine rings is 1. The Bertz CT molecular complexity index is 479. The first-order valence-corrected chi connectivity index (χ1v) is 4.78. The first-order valence-electron chi connectivity index (χ1n) is 4.40. The summed E-state index contributed by atoms with van der Waals surface area (Å²) in [7, 11) is 3.64. The number of halogens is 1. The molecule has 0 unspecified atom stereocenters. The molecule has 0 atom stereocenters. The third-order valence-electron chi connectivity index (χ3n) is 2.02. The first-order chi connectivity index (χ1) is 7.20. The lowest BCUT2D eigenvalue weighted by molar-refractivity contribution is 0.715. The summed E-state index contributed by atoms with van der Waals surface area (Å²) in [6, 6.07) is 1.76. The molecule has 0 aliphatic rings. The van der Waals surface area contributed by atoms with Crippen LogP contribution in [0, 0.1) is 0 Å². The van der Waals surface area contributed by atoms with Gasteiger partial charge in [0.1, 0.15) is 10.8 Å². The molecule has 2 aromatic heterocycles. The van der Waals surface area contributed by atoms with Crippen LogP contribution in [0.5, 0.6) is 0 Å². The van der Waals surface area contributed by atoms with Gasteiger partial charge in [-0.1, -0.05) is 16.8 Å². The summed E-state index contributed by atoms with van der Waals surface area (Å²) in [4.78, 5) is 4.02. The van der Waals surface area contributed by atoms with Crippen LogP contribution < -0.4 is 5.32 Å². The van der Waals surface area contributed by atoms with Crippen LogP contribution >= 0.6 is 11.6 Å². The van der Waals surface area contributed by atoms with Crippen molar-refractivity contribution in [1.82, 2.24) is 20.0 Å². The smallest absolute Gasteiger partial charge is 0.131 e. The molecule has 0 aromatic carbocycles. The molecule has 0 aliphatic carbocycles. The molecule has 0 spiro atoms. The molecule has 0 aliphatic heterocycles. The van der Waals surface area contributed by atoms with E-state index in [1.807, 2.05) is 20.3 Å². The third kappa shape index (κ3) is 1.92. The molecular formula is C9H10ClN5. The second-order valence-corrected chi connectivity index (χ2v) is 3.47. The second kappa shape index (κ2) is 3.86. The van der Waals surface area contributed by atoms with E-state index >= 15 is 0 Å². The predicted molar refractivity (Wildman–Crippen MR) is 58.8 cm³/mol. The number of rotatable bonds is 2. The number of hydrogen-bond acceptors (Lipinski definition) is 4. The number of anilines is 1. The van der Waals surface area contributed by atoms with Gasteiger partial charge in [0.15, 0.2) is 0 Å². The lowest BCUT2D eigenvalue weighted by Gasteiger charge is -2.05. The minimum Gasteiger partial charge on any atom is -0.387 e. The second-order valence-electron chi connectivity index (χ2n) is 3.08. The molecule has 0 fully saturated rings. The van der Waals surface area contributed by atoms with Gasteiger partial charge in [0.05, 0.1) is 6.20 Å². The van der Waals surface area contributed by atoms with Crippen LogP contribution in [0.3, 0.4) is 0 Å². The van der Waals surface area contributed by atoms with Crippen molar-refractivity contribution in [2.45, 2.75) is 0 Å². The van der Waals surface area contributed by atoms with Crippen molar-refractivity contribution in [3.63, 3.8) is 0 Å². The normalized spacial score (nSPS) is 10.3. The van der Waals surface area contributed by atoms with E-state index in [0.717, 1.165) is 16.9 Å². The van der Waals surface area contributed by atoms with Crippen molar-refractivity contribution < 1.29 is 0 Å². The largest absolute Gasteiger partial charge is 0.387 e. The molecule has 2 aromatic rings. The van der Waals surface area contributed by atoms with Gasteiger partial charge in [-0.2, -0.15) is 0 Å². The molecule has 1 N–H and O–H groups in total. The Labute approximate surface area is 92.1 Å². The Morgan fingerprint density at radius 3 is 2.87 bits per heavy atom. The average Bonchev–Trinajstić information content (AvgIpc) is 2.64. The Hall–Kier alpha value is -1.62. The highest BCUT2D eigenvalue weighted by molar-refractivity contribution is 6.29. The maximum Gasteiger partial charge on any atom is 0.131 e. The maximum absolute atomic E-state index is 5.80. The Morgan fingerprint density at radius 2 is 2.27 bits per heavy atom. The average molecular weight is 224 g/mol. The van der Waals surface area contributed by atoms with Gasteiger partial charge >= 0.3 is 0 Å². The zero-order valence-electron chi connectivity index (χ0n) is 8.40. The van der Waals surface area contributed by atoms with E-state index in [1.165, 1.54) is 0 Å². The van der Waals surface area contributed by atoms with Crippen LogP contribution in [0.4, 0.5) is 5.69 Å². The van der Waals surface area contributed by atoms with Crippen molar-refractivity contribution in [2.24, 2.45) is 7.05 Å². The summed E-state index contributed by atoms with van der Waals surface area (Å²) < 4.78 is 1.64. The summed E-state index contributed by atoms with van der Waals surface area (Å²) >= 11 is 5.80. The van der Waals surface area contributed by atoms with Crippen LogP contribution in [-0.2, 0) is 7.05 Å². The Morgan fingerprint density at radius 1 is 1.47 bits per heavy atom. The molecular weight excluding hydrogens is 214 g/mol. The lowest BCUT2D eigenvalue weighted by atomic mass is 10.2. The summed E-state index contributed by atoms with van der Waals surface area (Å²) in [5.74, 6) is 0. The van der Waals surface area contributed by atoms with Crippen molar-refractivity contribution in [2.75, 3.05) is 12.4 Å². The lowest BCUT2D eigenvalue weighted by Crippen LogP contribution is -1.93. The molecule has 0 saturated carbocycles. The highest BCUT2D eigenvalue weighted by Crippen LogP contribution is 2.26. The number of nitrogens with zero attached hydrogens (tertiary/aromatic N) is 4. The van der Waals surface area contributed by atoms with E-state index in [9.17, 15) is 0 Å². The zero-order chi connectivity index (χ0) is 10.8. The molecule has 6 heteroatoms. The van der Waals surface area contributed by atoms with Gasteiger partial charge in [-0.3, -0.25) is 4.68 Å². The summed E-state index contributed by atoms with van der Waals surface area (Å²) in [5, 5.41) is 11.4. The van der Waals surface area contributed by atoms with Gasteiger partial charge in [0.2, 0.25) is 0 Å². The van der Waals surface area contributed by atoms with Crippen LogP contribution in [0.25, 0.3) is 11.3 Å². The summed E-state index contributed by atoms with van der Waals surface area (Å²) in [6.07, 6.45) is 3.50. The fourth-order valence-corrected chi connectivity index (χ4v) is 1.47. The van der Waals surface area contributed by atoms with Crippen molar-refractivity contribution in [3.05, 3.63) is 23.6 Å². The number of hydrogen-bond donors (Lipinski definition) is 1. The molecule has 0 bridgehead atoms. The maximum atomic E-state index is 5.80. The molecule has 2 rings (SSSR count). The van der Waals surface area contributed by atoms with E-state index in [2.05, 4.69) is 20.6 Å². The van der Waals surface area contributed by atoms with Gasteiger partial charge < -0.3 is 5.32 Å². The van der Waals surface area contributed by atoms with Gasteiger partial charge in [-0.25, -0.2) is 4.98 Å². The van der Waals surface area contributed by atoms with Crippen LogP contribution in [0.15, 0.2) is 18.5 Å². The molecule has 0 amide bonds.